The van der Waals surface area contributed by atoms with E-state index in [0.29, 0.717) is 29.8 Å². The molecule has 208 valence electrons. The zero-order chi connectivity index (χ0) is 28.8. The molecule has 0 spiro atoms. The Morgan fingerprint density at radius 2 is 1.90 bits per heavy atom. The Kier molecular flexibility index (Phi) is 8.83. The first-order valence-electron chi connectivity index (χ1n) is 13.2. The molecule has 0 bridgehead atoms. The van der Waals surface area contributed by atoms with Crippen LogP contribution in [0.3, 0.4) is 0 Å². The van der Waals surface area contributed by atoms with Gasteiger partial charge in [-0.3, -0.25) is 19.4 Å². The number of hydrogen-bond donors (Lipinski definition) is 3. The van der Waals surface area contributed by atoms with E-state index in [1.165, 1.54) is 0 Å². The van der Waals surface area contributed by atoms with Gasteiger partial charge in [-0.2, -0.15) is 0 Å². The van der Waals surface area contributed by atoms with Crippen molar-refractivity contribution in [3.05, 3.63) is 88.9 Å². The molecule has 4 aromatic rings. The van der Waals surface area contributed by atoms with Crippen LogP contribution < -0.4 is 15.4 Å². The third-order valence-electron chi connectivity index (χ3n) is 6.94. The van der Waals surface area contributed by atoms with Gasteiger partial charge in [-0.25, -0.2) is 0 Å². The third-order valence-corrected chi connectivity index (χ3v) is 6.94. The minimum absolute atomic E-state index is 0.0389. The number of benzene rings is 2. The second kappa shape index (κ2) is 12.5. The minimum atomic E-state index is -0.859. The molecule has 1 atom stereocenters. The van der Waals surface area contributed by atoms with Crippen LogP contribution in [0.1, 0.15) is 58.5 Å². The zero-order valence-corrected chi connectivity index (χ0v) is 23.2. The number of rotatable bonds is 11. The Bertz CT molecular complexity index is 1560. The van der Waals surface area contributed by atoms with Gasteiger partial charge in [-0.1, -0.05) is 18.2 Å². The summed E-state index contributed by atoms with van der Waals surface area (Å²) in [7, 11) is 1.58. The highest BCUT2D eigenvalue weighted by molar-refractivity contribution is 6.00. The Labute approximate surface area is 233 Å². The number of hydrogen-bond acceptors (Lipinski definition) is 5. The summed E-state index contributed by atoms with van der Waals surface area (Å²) in [5.41, 5.74) is 5.40. The van der Waals surface area contributed by atoms with Crippen molar-refractivity contribution < 1.29 is 24.2 Å². The van der Waals surface area contributed by atoms with Gasteiger partial charge in [0.15, 0.2) is 0 Å². The summed E-state index contributed by atoms with van der Waals surface area (Å²) in [6.07, 6.45) is 4.61. The highest BCUT2D eigenvalue weighted by Crippen LogP contribution is 2.28. The van der Waals surface area contributed by atoms with E-state index in [-0.39, 0.29) is 24.8 Å². The fourth-order valence-electron chi connectivity index (χ4n) is 4.66. The fraction of sp³-hybridized carbons (Fsp3) is 0.290. The summed E-state index contributed by atoms with van der Waals surface area (Å²) in [6.45, 7) is 5.93. The Balaban J connectivity index is 1.60. The van der Waals surface area contributed by atoms with Gasteiger partial charge < -0.3 is 25.0 Å². The van der Waals surface area contributed by atoms with E-state index in [1.807, 2.05) is 67.9 Å². The van der Waals surface area contributed by atoms with Crippen molar-refractivity contribution in [2.45, 2.75) is 52.7 Å². The van der Waals surface area contributed by atoms with Crippen LogP contribution >= 0.6 is 0 Å². The second-order valence-electron chi connectivity index (χ2n) is 9.81. The van der Waals surface area contributed by atoms with E-state index in [0.717, 1.165) is 33.3 Å². The van der Waals surface area contributed by atoms with Crippen LogP contribution in [0.5, 0.6) is 5.75 Å². The number of amides is 2. The molecule has 9 heteroatoms. The van der Waals surface area contributed by atoms with Gasteiger partial charge >= 0.3 is 5.97 Å². The van der Waals surface area contributed by atoms with Crippen molar-refractivity contribution in [1.29, 1.82) is 0 Å². The van der Waals surface area contributed by atoms with Crippen molar-refractivity contribution in [3.63, 3.8) is 0 Å². The Morgan fingerprint density at radius 1 is 1.10 bits per heavy atom. The molecule has 2 aromatic carbocycles. The third kappa shape index (κ3) is 6.48. The molecule has 3 N–H and O–H groups in total. The second-order valence-corrected chi connectivity index (χ2v) is 9.81. The molecule has 2 amide bonds. The van der Waals surface area contributed by atoms with Crippen LogP contribution in [0, 0.1) is 13.8 Å². The van der Waals surface area contributed by atoms with Gasteiger partial charge in [0.05, 0.1) is 5.69 Å². The molecule has 1 unspecified atom stereocenters. The lowest BCUT2D eigenvalue weighted by molar-refractivity contribution is -0.137. The van der Waals surface area contributed by atoms with Gasteiger partial charge in [0.2, 0.25) is 5.91 Å². The molecule has 2 aromatic heterocycles. The quantitative estimate of drug-likeness (QED) is 0.240. The van der Waals surface area contributed by atoms with Crippen molar-refractivity contribution in [3.8, 4) is 5.75 Å². The summed E-state index contributed by atoms with van der Waals surface area (Å²) in [5, 5.41) is 15.8. The van der Waals surface area contributed by atoms with Crippen molar-refractivity contribution in [1.82, 2.24) is 14.9 Å². The first kappa shape index (κ1) is 28.4. The Hall–Kier alpha value is -4.66. The first-order chi connectivity index (χ1) is 19.2. The highest BCUT2D eigenvalue weighted by atomic mass is 16.5. The van der Waals surface area contributed by atoms with Crippen LogP contribution in [0.4, 0.5) is 5.69 Å². The summed E-state index contributed by atoms with van der Waals surface area (Å²) >= 11 is 0. The monoisotopic (exact) mass is 542 g/mol. The maximum Gasteiger partial charge on any atom is 0.303 e. The molecule has 0 aliphatic rings. The minimum Gasteiger partial charge on any atom is -0.487 e. The summed E-state index contributed by atoms with van der Waals surface area (Å²) in [4.78, 5) is 41.1. The largest absolute Gasteiger partial charge is 0.487 e. The zero-order valence-electron chi connectivity index (χ0n) is 23.2. The number of pyridine rings is 1. The molecule has 0 aliphatic carbocycles. The van der Waals surface area contributed by atoms with Gasteiger partial charge in [-0.15, -0.1) is 0 Å². The molecule has 0 fully saturated rings. The van der Waals surface area contributed by atoms with E-state index in [2.05, 4.69) is 15.6 Å². The van der Waals surface area contributed by atoms with Crippen molar-refractivity contribution in [2.75, 3.05) is 12.4 Å². The number of ether oxygens (including phenoxy) is 1. The van der Waals surface area contributed by atoms with E-state index in [4.69, 9.17) is 9.84 Å². The Morgan fingerprint density at radius 3 is 2.62 bits per heavy atom. The SMILES string of the molecule is CNC(=O)c1ccc2c(C)cn(C(C)C(=O)Nc3cc(COc4cccnc4C)ccc3CCCC(=O)O)c2c1. The van der Waals surface area contributed by atoms with Crippen LogP contribution in [0.2, 0.25) is 0 Å². The number of carboxylic acids is 1. The highest BCUT2D eigenvalue weighted by Gasteiger charge is 2.20. The number of anilines is 1. The molecule has 0 saturated heterocycles. The number of aryl methyl sites for hydroxylation is 3. The fourth-order valence-corrected chi connectivity index (χ4v) is 4.66. The average Bonchev–Trinajstić information content (AvgIpc) is 3.28. The van der Waals surface area contributed by atoms with E-state index >= 15 is 0 Å². The normalized spacial score (nSPS) is 11.7. The molecular weight excluding hydrogens is 508 g/mol. The molecule has 0 radical (unpaired) electrons. The van der Waals surface area contributed by atoms with E-state index in [9.17, 15) is 14.4 Å². The molecule has 9 nitrogen and oxygen atoms in total. The van der Waals surface area contributed by atoms with Gasteiger partial charge in [0, 0.05) is 48.0 Å². The molecular formula is C31H34N4O5. The van der Waals surface area contributed by atoms with Crippen LogP contribution in [-0.2, 0) is 22.6 Å². The maximum absolute atomic E-state index is 13.6. The molecule has 0 saturated carbocycles. The molecule has 4 rings (SSSR count). The van der Waals surface area contributed by atoms with Crippen molar-refractivity contribution in [2.24, 2.45) is 0 Å². The molecule has 0 aliphatic heterocycles. The number of carbonyl (C=O) groups is 3. The lowest BCUT2D eigenvalue weighted by Crippen LogP contribution is -2.24. The number of aromatic nitrogens is 2. The summed E-state index contributed by atoms with van der Waals surface area (Å²) in [6, 6.07) is 14.2. The number of carbonyl (C=O) groups excluding carboxylic acids is 2. The summed E-state index contributed by atoms with van der Waals surface area (Å²) in [5.74, 6) is -0.612. The number of carboxylic acid groups (broad SMARTS) is 1. The van der Waals surface area contributed by atoms with Crippen LogP contribution in [-0.4, -0.2) is 39.5 Å². The first-order valence-corrected chi connectivity index (χ1v) is 13.2. The van der Waals surface area contributed by atoms with E-state index in [1.54, 1.807) is 25.4 Å². The predicted molar refractivity (Wildman–Crippen MR) is 154 cm³/mol. The number of nitrogens with one attached hydrogen (secondary N) is 2. The van der Waals surface area contributed by atoms with Gasteiger partial charge in [-0.05, 0) is 80.6 Å². The van der Waals surface area contributed by atoms with Gasteiger partial charge in [0.25, 0.3) is 5.91 Å². The number of fused-ring (bicyclic) bond motifs is 1. The lowest BCUT2D eigenvalue weighted by Gasteiger charge is -2.19. The predicted octanol–water partition coefficient (Wildman–Crippen LogP) is 5.20. The van der Waals surface area contributed by atoms with Gasteiger partial charge in [0.1, 0.15) is 18.4 Å². The maximum atomic E-state index is 13.6. The summed E-state index contributed by atoms with van der Waals surface area (Å²) < 4.78 is 7.82. The van der Waals surface area contributed by atoms with Crippen LogP contribution in [0.25, 0.3) is 10.9 Å². The topological polar surface area (TPSA) is 123 Å². The van der Waals surface area contributed by atoms with E-state index < -0.39 is 12.0 Å². The molecule has 2 heterocycles. The molecule has 40 heavy (non-hydrogen) atoms. The number of aliphatic carboxylic acids is 1. The number of nitrogens with zero attached hydrogens (tertiary/aromatic N) is 2. The van der Waals surface area contributed by atoms with Crippen LogP contribution in [0.15, 0.2) is 60.9 Å². The smallest absolute Gasteiger partial charge is 0.303 e. The standard InChI is InChI=1S/C31H34N4O5/c1-19-17-35(27-16-24(31(39)32-4)12-13-25(19)27)21(3)30(38)34-26-15-22(10-11-23(26)7-5-9-29(36)37)18-40-28-8-6-14-33-20(28)2/h6,8,10-17,21H,5,7,9,18H2,1-4H3,(H,32,39)(H,34,38)(H,36,37). The average molecular weight is 543 g/mol. The van der Waals surface area contributed by atoms with Crippen molar-refractivity contribution >= 4 is 34.4 Å². The lowest BCUT2D eigenvalue weighted by atomic mass is 10.0.